The molecule has 0 bridgehead atoms. The molecule has 0 saturated heterocycles. The number of benzene rings is 1. The highest BCUT2D eigenvalue weighted by molar-refractivity contribution is 6.04. The number of carbonyl (C=O) groups excluding carboxylic acids is 1. The van der Waals surface area contributed by atoms with Gasteiger partial charge in [0.1, 0.15) is 5.75 Å². The summed E-state index contributed by atoms with van der Waals surface area (Å²) in [7, 11) is 0. The number of hydrogen-bond donors (Lipinski definition) is 2. The van der Waals surface area contributed by atoms with Gasteiger partial charge in [0.25, 0.3) is 5.91 Å². The number of hydrogen-bond acceptors (Lipinski definition) is 3. The summed E-state index contributed by atoms with van der Waals surface area (Å²) < 4.78 is 0. The van der Waals surface area contributed by atoms with Gasteiger partial charge in [-0.05, 0) is 30.2 Å². The monoisotopic (exact) mass is 242 g/mol. The second kappa shape index (κ2) is 5.31. The van der Waals surface area contributed by atoms with Gasteiger partial charge in [0.05, 0.1) is 0 Å². The van der Waals surface area contributed by atoms with Crippen molar-refractivity contribution in [3.05, 3.63) is 53.9 Å². The van der Waals surface area contributed by atoms with Crippen molar-refractivity contribution in [2.45, 2.75) is 13.3 Å². The first kappa shape index (κ1) is 12.1. The summed E-state index contributed by atoms with van der Waals surface area (Å²) in [5.74, 6) is -0.530. The summed E-state index contributed by atoms with van der Waals surface area (Å²) in [5, 5.41) is 12.3. The van der Waals surface area contributed by atoms with Crippen LogP contribution in [0.3, 0.4) is 0 Å². The normalized spacial score (nSPS) is 10.1. The van der Waals surface area contributed by atoms with Crippen molar-refractivity contribution >= 4 is 11.6 Å². The Bertz CT molecular complexity index is 567. The largest absolute Gasteiger partial charge is 0.505 e. The van der Waals surface area contributed by atoms with Crippen LogP contribution in [0, 0.1) is 0 Å². The molecule has 1 amide bonds. The maximum Gasteiger partial charge on any atom is 0.278 e. The van der Waals surface area contributed by atoms with Gasteiger partial charge in [-0.2, -0.15) is 0 Å². The SMILES string of the molecule is CCc1ccccc1NC(=O)c1ncccc1O. The molecule has 0 aliphatic carbocycles. The maximum atomic E-state index is 12.0. The van der Waals surface area contributed by atoms with E-state index >= 15 is 0 Å². The molecule has 0 radical (unpaired) electrons. The highest BCUT2D eigenvalue weighted by Crippen LogP contribution is 2.18. The number of para-hydroxylation sites is 1. The van der Waals surface area contributed by atoms with E-state index in [-0.39, 0.29) is 11.4 Å². The second-order valence-electron chi connectivity index (χ2n) is 3.84. The Labute approximate surface area is 105 Å². The van der Waals surface area contributed by atoms with Gasteiger partial charge >= 0.3 is 0 Å². The lowest BCUT2D eigenvalue weighted by Gasteiger charge is -2.09. The van der Waals surface area contributed by atoms with Gasteiger partial charge in [0.2, 0.25) is 0 Å². The summed E-state index contributed by atoms with van der Waals surface area (Å²) in [4.78, 5) is 15.8. The molecule has 4 nitrogen and oxygen atoms in total. The minimum Gasteiger partial charge on any atom is -0.505 e. The van der Waals surface area contributed by atoms with Crippen molar-refractivity contribution < 1.29 is 9.90 Å². The first-order valence-corrected chi connectivity index (χ1v) is 5.75. The molecule has 2 aromatic rings. The third-order valence-electron chi connectivity index (χ3n) is 2.65. The second-order valence-corrected chi connectivity index (χ2v) is 3.84. The number of anilines is 1. The van der Waals surface area contributed by atoms with Gasteiger partial charge in [-0.1, -0.05) is 25.1 Å². The fourth-order valence-electron chi connectivity index (χ4n) is 1.70. The van der Waals surface area contributed by atoms with Gasteiger partial charge in [0, 0.05) is 11.9 Å². The van der Waals surface area contributed by atoms with Crippen molar-refractivity contribution in [2.75, 3.05) is 5.32 Å². The van der Waals surface area contributed by atoms with E-state index in [9.17, 15) is 9.90 Å². The van der Waals surface area contributed by atoms with Crippen LogP contribution in [-0.4, -0.2) is 16.0 Å². The van der Waals surface area contributed by atoms with E-state index in [1.54, 1.807) is 6.07 Å². The number of nitrogens with one attached hydrogen (secondary N) is 1. The zero-order valence-corrected chi connectivity index (χ0v) is 10.1. The zero-order chi connectivity index (χ0) is 13.0. The van der Waals surface area contributed by atoms with Gasteiger partial charge in [0.15, 0.2) is 5.69 Å². The molecular formula is C14H14N2O2. The fraction of sp³-hybridized carbons (Fsp3) is 0.143. The van der Waals surface area contributed by atoms with Gasteiger partial charge in [-0.3, -0.25) is 4.79 Å². The molecule has 4 heteroatoms. The van der Waals surface area contributed by atoms with Crippen LogP contribution in [0.1, 0.15) is 23.0 Å². The molecule has 0 spiro atoms. The topological polar surface area (TPSA) is 62.2 Å². The van der Waals surface area contributed by atoms with E-state index in [0.29, 0.717) is 0 Å². The minimum absolute atomic E-state index is 0.0309. The van der Waals surface area contributed by atoms with Gasteiger partial charge in [-0.25, -0.2) is 4.98 Å². The third kappa shape index (κ3) is 2.48. The molecule has 18 heavy (non-hydrogen) atoms. The Morgan fingerprint density at radius 2 is 2.06 bits per heavy atom. The first-order chi connectivity index (χ1) is 8.72. The molecule has 1 heterocycles. The van der Waals surface area contributed by atoms with Gasteiger partial charge in [-0.15, -0.1) is 0 Å². The van der Waals surface area contributed by atoms with Crippen molar-refractivity contribution in [1.82, 2.24) is 4.98 Å². The Balaban J connectivity index is 2.24. The standard InChI is InChI=1S/C14H14N2O2/c1-2-10-6-3-4-7-11(10)16-14(18)13-12(17)8-5-9-15-13/h3-9,17H,2H2,1H3,(H,16,18). The van der Waals surface area contributed by atoms with E-state index in [4.69, 9.17) is 0 Å². The highest BCUT2D eigenvalue weighted by atomic mass is 16.3. The first-order valence-electron chi connectivity index (χ1n) is 5.75. The summed E-state index contributed by atoms with van der Waals surface area (Å²) >= 11 is 0. The number of aromatic nitrogens is 1. The summed E-state index contributed by atoms with van der Waals surface area (Å²) in [6.07, 6.45) is 2.30. The van der Waals surface area contributed by atoms with Crippen LogP contribution in [0.5, 0.6) is 5.75 Å². The lowest BCUT2D eigenvalue weighted by molar-refractivity contribution is 0.101. The van der Waals surface area contributed by atoms with E-state index in [1.807, 2.05) is 31.2 Å². The Hall–Kier alpha value is -2.36. The van der Waals surface area contributed by atoms with Gasteiger partial charge < -0.3 is 10.4 Å². The molecule has 0 aliphatic rings. The Morgan fingerprint density at radius 1 is 1.28 bits per heavy atom. The Kier molecular flexibility index (Phi) is 3.57. The fourth-order valence-corrected chi connectivity index (χ4v) is 1.70. The molecule has 1 aromatic heterocycles. The molecule has 0 unspecified atom stereocenters. The van der Waals surface area contributed by atoms with Crippen LogP contribution >= 0.6 is 0 Å². The average Bonchev–Trinajstić information content (AvgIpc) is 2.39. The van der Waals surface area contributed by atoms with E-state index in [1.165, 1.54) is 12.3 Å². The zero-order valence-electron chi connectivity index (χ0n) is 10.1. The molecule has 92 valence electrons. The number of nitrogens with zero attached hydrogens (tertiary/aromatic N) is 1. The number of carbonyl (C=O) groups is 1. The third-order valence-corrected chi connectivity index (χ3v) is 2.65. The average molecular weight is 242 g/mol. The lowest BCUT2D eigenvalue weighted by atomic mass is 10.1. The van der Waals surface area contributed by atoms with Crippen molar-refractivity contribution in [1.29, 1.82) is 0 Å². The number of amides is 1. The molecule has 0 saturated carbocycles. The quantitative estimate of drug-likeness (QED) is 0.869. The van der Waals surface area contributed by atoms with Crippen LogP contribution in [0.15, 0.2) is 42.6 Å². The van der Waals surface area contributed by atoms with E-state index < -0.39 is 5.91 Å². The van der Waals surface area contributed by atoms with Crippen molar-refractivity contribution in [3.63, 3.8) is 0 Å². The van der Waals surface area contributed by atoms with Crippen LogP contribution < -0.4 is 5.32 Å². The molecule has 2 rings (SSSR count). The van der Waals surface area contributed by atoms with Crippen LogP contribution in [0.4, 0.5) is 5.69 Å². The molecular weight excluding hydrogens is 228 g/mol. The highest BCUT2D eigenvalue weighted by Gasteiger charge is 2.13. The van der Waals surface area contributed by atoms with Crippen LogP contribution in [-0.2, 0) is 6.42 Å². The summed E-state index contributed by atoms with van der Waals surface area (Å²) in [6, 6.07) is 10.6. The minimum atomic E-state index is -0.408. The van der Waals surface area contributed by atoms with Crippen molar-refractivity contribution in [3.8, 4) is 5.75 Å². The van der Waals surface area contributed by atoms with Crippen LogP contribution in [0.25, 0.3) is 0 Å². The number of pyridine rings is 1. The van der Waals surface area contributed by atoms with Crippen LogP contribution in [0.2, 0.25) is 0 Å². The Morgan fingerprint density at radius 3 is 2.78 bits per heavy atom. The molecule has 0 aliphatic heterocycles. The lowest BCUT2D eigenvalue weighted by Crippen LogP contribution is -2.14. The van der Waals surface area contributed by atoms with E-state index in [2.05, 4.69) is 10.3 Å². The predicted molar refractivity (Wildman–Crippen MR) is 69.7 cm³/mol. The number of rotatable bonds is 3. The molecule has 1 aromatic carbocycles. The van der Waals surface area contributed by atoms with Crippen molar-refractivity contribution in [2.24, 2.45) is 0 Å². The number of aromatic hydroxyl groups is 1. The molecule has 0 atom stereocenters. The number of aryl methyl sites for hydroxylation is 1. The summed E-state index contributed by atoms with van der Waals surface area (Å²) in [6.45, 7) is 2.02. The smallest absolute Gasteiger partial charge is 0.278 e. The molecule has 0 fully saturated rings. The predicted octanol–water partition coefficient (Wildman–Crippen LogP) is 2.60. The molecule has 2 N–H and O–H groups in total. The summed E-state index contributed by atoms with van der Waals surface area (Å²) in [5.41, 5.74) is 1.82. The maximum absolute atomic E-state index is 12.0. The van der Waals surface area contributed by atoms with E-state index in [0.717, 1.165) is 17.7 Å².